The molecular weight excluding hydrogens is 362 g/mol. The SMILES string of the molecule is CCCc1c(C(=O)NCCc2ccc3c(c2)CCO3)cnn1Cc1ccccc1. The van der Waals surface area contributed by atoms with Gasteiger partial charge in [0.15, 0.2) is 0 Å². The van der Waals surface area contributed by atoms with Crippen molar-refractivity contribution in [2.45, 2.75) is 39.2 Å². The Morgan fingerprint density at radius 1 is 1.14 bits per heavy atom. The van der Waals surface area contributed by atoms with E-state index in [-0.39, 0.29) is 5.91 Å². The van der Waals surface area contributed by atoms with E-state index in [0.29, 0.717) is 18.7 Å². The smallest absolute Gasteiger partial charge is 0.254 e. The molecule has 150 valence electrons. The lowest BCUT2D eigenvalue weighted by atomic mass is 10.1. The number of aromatic nitrogens is 2. The zero-order valence-electron chi connectivity index (χ0n) is 16.9. The molecule has 1 amide bonds. The van der Waals surface area contributed by atoms with Crippen molar-refractivity contribution in [2.75, 3.05) is 13.2 Å². The molecule has 2 heterocycles. The highest BCUT2D eigenvalue weighted by molar-refractivity contribution is 5.95. The maximum absolute atomic E-state index is 12.8. The van der Waals surface area contributed by atoms with Crippen LogP contribution in [0.25, 0.3) is 0 Å². The summed E-state index contributed by atoms with van der Waals surface area (Å²) in [5.41, 5.74) is 5.36. The van der Waals surface area contributed by atoms with Gasteiger partial charge in [-0.15, -0.1) is 0 Å². The van der Waals surface area contributed by atoms with E-state index >= 15 is 0 Å². The van der Waals surface area contributed by atoms with Gasteiger partial charge in [-0.1, -0.05) is 55.8 Å². The summed E-state index contributed by atoms with van der Waals surface area (Å²) in [4.78, 5) is 12.8. The van der Waals surface area contributed by atoms with Crippen LogP contribution in [0, 0.1) is 0 Å². The third kappa shape index (κ3) is 4.50. The molecule has 0 aliphatic carbocycles. The number of hydrogen-bond acceptors (Lipinski definition) is 3. The number of carbonyl (C=O) groups excluding carboxylic acids is 1. The molecule has 1 aromatic heterocycles. The van der Waals surface area contributed by atoms with Gasteiger partial charge in [0.25, 0.3) is 5.91 Å². The third-order valence-corrected chi connectivity index (χ3v) is 5.31. The number of fused-ring (bicyclic) bond motifs is 1. The molecule has 0 bridgehead atoms. The Hall–Kier alpha value is -3.08. The lowest BCUT2D eigenvalue weighted by molar-refractivity contribution is 0.0953. The fourth-order valence-corrected chi connectivity index (χ4v) is 3.80. The van der Waals surface area contributed by atoms with Gasteiger partial charge in [-0.2, -0.15) is 5.10 Å². The predicted octanol–water partition coefficient (Wildman–Crippen LogP) is 3.79. The molecule has 0 atom stereocenters. The minimum absolute atomic E-state index is 0.0442. The van der Waals surface area contributed by atoms with E-state index < -0.39 is 0 Å². The van der Waals surface area contributed by atoms with Crippen LogP contribution < -0.4 is 10.1 Å². The van der Waals surface area contributed by atoms with E-state index in [1.165, 1.54) is 16.7 Å². The molecule has 2 aromatic carbocycles. The maximum atomic E-state index is 12.8. The Labute approximate surface area is 171 Å². The molecule has 0 fully saturated rings. The molecular formula is C24H27N3O2. The van der Waals surface area contributed by atoms with E-state index in [9.17, 15) is 4.79 Å². The van der Waals surface area contributed by atoms with Crippen LogP contribution in [-0.4, -0.2) is 28.8 Å². The Morgan fingerprint density at radius 3 is 2.83 bits per heavy atom. The average molecular weight is 389 g/mol. The Kier molecular flexibility index (Phi) is 5.94. The summed E-state index contributed by atoms with van der Waals surface area (Å²) in [6, 6.07) is 16.5. The molecule has 29 heavy (non-hydrogen) atoms. The zero-order chi connectivity index (χ0) is 20.1. The largest absolute Gasteiger partial charge is 0.493 e. The number of amides is 1. The Balaban J connectivity index is 1.40. The lowest BCUT2D eigenvalue weighted by Crippen LogP contribution is -2.26. The van der Waals surface area contributed by atoms with Crippen LogP contribution in [0.15, 0.2) is 54.7 Å². The molecule has 4 rings (SSSR count). The standard InChI is InChI=1S/C24H27N3O2/c1-2-6-22-21(16-26-27(22)17-19-7-4-3-5-8-19)24(28)25-13-11-18-9-10-23-20(15-18)12-14-29-23/h3-5,7-10,15-16H,2,6,11-14,17H2,1H3,(H,25,28). The minimum atomic E-state index is -0.0442. The van der Waals surface area contributed by atoms with Crippen LogP contribution in [-0.2, 0) is 25.8 Å². The van der Waals surface area contributed by atoms with Crippen molar-refractivity contribution in [2.24, 2.45) is 0 Å². The van der Waals surface area contributed by atoms with Crippen molar-refractivity contribution in [3.63, 3.8) is 0 Å². The summed E-state index contributed by atoms with van der Waals surface area (Å²) < 4.78 is 7.51. The number of nitrogens with zero attached hydrogens (tertiary/aromatic N) is 2. The Bertz CT molecular complexity index is 979. The molecule has 0 saturated carbocycles. The van der Waals surface area contributed by atoms with Gasteiger partial charge in [0.05, 0.1) is 30.6 Å². The summed E-state index contributed by atoms with van der Waals surface area (Å²) >= 11 is 0. The topological polar surface area (TPSA) is 56.1 Å². The van der Waals surface area contributed by atoms with E-state index in [1.807, 2.05) is 28.9 Å². The molecule has 1 aliphatic heterocycles. The van der Waals surface area contributed by atoms with Gasteiger partial charge in [0, 0.05) is 13.0 Å². The van der Waals surface area contributed by atoms with Gasteiger partial charge >= 0.3 is 0 Å². The van der Waals surface area contributed by atoms with Crippen LogP contribution in [0.1, 0.15) is 46.1 Å². The number of hydrogen-bond donors (Lipinski definition) is 1. The van der Waals surface area contributed by atoms with E-state index in [0.717, 1.165) is 43.7 Å². The second-order valence-corrected chi connectivity index (χ2v) is 7.44. The number of carbonyl (C=O) groups is 1. The second-order valence-electron chi connectivity index (χ2n) is 7.44. The molecule has 0 unspecified atom stereocenters. The highest BCUT2D eigenvalue weighted by atomic mass is 16.5. The molecule has 1 aliphatic rings. The molecule has 5 nitrogen and oxygen atoms in total. The first-order valence-corrected chi connectivity index (χ1v) is 10.4. The summed E-state index contributed by atoms with van der Waals surface area (Å²) in [6.45, 7) is 4.18. The first-order valence-electron chi connectivity index (χ1n) is 10.4. The fourth-order valence-electron chi connectivity index (χ4n) is 3.80. The molecule has 0 radical (unpaired) electrons. The van der Waals surface area contributed by atoms with Gasteiger partial charge in [0.2, 0.25) is 0 Å². The van der Waals surface area contributed by atoms with Gasteiger partial charge in [-0.05, 0) is 35.6 Å². The quantitative estimate of drug-likeness (QED) is 0.638. The van der Waals surface area contributed by atoms with Crippen LogP contribution in [0.3, 0.4) is 0 Å². The van der Waals surface area contributed by atoms with E-state index in [4.69, 9.17) is 4.74 Å². The first-order chi connectivity index (χ1) is 14.2. The van der Waals surface area contributed by atoms with Crippen molar-refractivity contribution < 1.29 is 9.53 Å². The highest BCUT2D eigenvalue weighted by Crippen LogP contribution is 2.25. The third-order valence-electron chi connectivity index (χ3n) is 5.31. The van der Waals surface area contributed by atoms with E-state index in [1.54, 1.807) is 6.20 Å². The summed E-state index contributed by atoms with van der Waals surface area (Å²) in [7, 11) is 0. The van der Waals surface area contributed by atoms with E-state index in [2.05, 4.69) is 41.6 Å². The van der Waals surface area contributed by atoms with Crippen LogP contribution in [0.2, 0.25) is 0 Å². The van der Waals surface area contributed by atoms with Crippen molar-refractivity contribution in [3.05, 3.63) is 82.7 Å². The average Bonchev–Trinajstić information content (AvgIpc) is 3.36. The number of benzene rings is 2. The van der Waals surface area contributed by atoms with Crippen LogP contribution >= 0.6 is 0 Å². The maximum Gasteiger partial charge on any atom is 0.254 e. The molecule has 0 saturated heterocycles. The molecule has 0 spiro atoms. The van der Waals surface area contributed by atoms with Crippen molar-refractivity contribution in [3.8, 4) is 5.75 Å². The summed E-state index contributed by atoms with van der Waals surface area (Å²) in [6.07, 6.45) is 5.28. The summed E-state index contributed by atoms with van der Waals surface area (Å²) in [5, 5.41) is 7.57. The van der Waals surface area contributed by atoms with Crippen molar-refractivity contribution in [1.29, 1.82) is 0 Å². The first kappa shape index (κ1) is 19.2. The minimum Gasteiger partial charge on any atom is -0.493 e. The van der Waals surface area contributed by atoms with Crippen molar-refractivity contribution >= 4 is 5.91 Å². The number of ether oxygens (including phenoxy) is 1. The molecule has 1 N–H and O–H groups in total. The molecule has 3 aromatic rings. The van der Waals surface area contributed by atoms with Crippen LogP contribution in [0.5, 0.6) is 5.75 Å². The number of nitrogens with one attached hydrogen (secondary N) is 1. The summed E-state index contributed by atoms with van der Waals surface area (Å²) in [5.74, 6) is 0.949. The zero-order valence-corrected chi connectivity index (χ0v) is 16.9. The normalized spacial score (nSPS) is 12.4. The lowest BCUT2D eigenvalue weighted by Gasteiger charge is -2.10. The highest BCUT2D eigenvalue weighted by Gasteiger charge is 2.17. The predicted molar refractivity (Wildman–Crippen MR) is 113 cm³/mol. The Morgan fingerprint density at radius 2 is 2.00 bits per heavy atom. The second kappa shape index (κ2) is 8.95. The number of rotatable bonds is 8. The van der Waals surface area contributed by atoms with Gasteiger partial charge in [0.1, 0.15) is 5.75 Å². The van der Waals surface area contributed by atoms with Gasteiger partial charge < -0.3 is 10.1 Å². The molecule has 5 heteroatoms. The van der Waals surface area contributed by atoms with Gasteiger partial charge in [-0.3, -0.25) is 9.48 Å². The fraction of sp³-hybridized carbons (Fsp3) is 0.333. The van der Waals surface area contributed by atoms with Crippen LogP contribution in [0.4, 0.5) is 0 Å². The van der Waals surface area contributed by atoms with Gasteiger partial charge in [-0.25, -0.2) is 0 Å². The van der Waals surface area contributed by atoms with Crippen molar-refractivity contribution in [1.82, 2.24) is 15.1 Å². The monoisotopic (exact) mass is 389 g/mol.